The number of rotatable bonds is 6. The van der Waals surface area contributed by atoms with Crippen molar-refractivity contribution in [2.45, 2.75) is 70.2 Å². The van der Waals surface area contributed by atoms with E-state index in [1.165, 1.54) is 0 Å². The predicted molar refractivity (Wildman–Crippen MR) is 87.8 cm³/mol. The molecule has 0 amide bonds. The van der Waals surface area contributed by atoms with Crippen LogP contribution in [-0.2, 0) is 23.1 Å². The third-order valence-corrected chi connectivity index (χ3v) is 8.80. The van der Waals surface area contributed by atoms with Crippen molar-refractivity contribution in [3.8, 4) is 0 Å². The first-order chi connectivity index (χ1) is 10.2. The van der Waals surface area contributed by atoms with Crippen LogP contribution in [0.2, 0.25) is 6.04 Å². The van der Waals surface area contributed by atoms with E-state index in [2.05, 4.69) is 6.92 Å². The van der Waals surface area contributed by atoms with Gasteiger partial charge in [0.1, 0.15) is 5.60 Å². The van der Waals surface area contributed by atoms with Gasteiger partial charge in [-0.3, -0.25) is 0 Å². The van der Waals surface area contributed by atoms with Crippen LogP contribution in [0.15, 0.2) is 0 Å². The zero-order valence-electron chi connectivity index (χ0n) is 15.2. The third kappa shape index (κ3) is 3.40. The fourth-order valence-corrected chi connectivity index (χ4v) is 7.46. The summed E-state index contributed by atoms with van der Waals surface area (Å²) in [7, 11) is 1.97. The summed E-state index contributed by atoms with van der Waals surface area (Å²) in [5.74, 6) is -0.270. The summed E-state index contributed by atoms with van der Waals surface area (Å²) >= 11 is 0. The van der Waals surface area contributed by atoms with Gasteiger partial charge in [-0.25, -0.2) is 4.79 Å². The van der Waals surface area contributed by atoms with Crippen LogP contribution in [0.5, 0.6) is 0 Å². The van der Waals surface area contributed by atoms with Gasteiger partial charge in [0.15, 0.2) is 0 Å². The van der Waals surface area contributed by atoms with Crippen LogP contribution in [0.3, 0.4) is 0 Å². The first kappa shape index (κ1) is 19.6. The van der Waals surface area contributed by atoms with Crippen LogP contribution < -0.4 is 0 Å². The van der Waals surface area contributed by atoms with E-state index in [9.17, 15) is 4.79 Å². The SMILES string of the molecule is CCCC1CCC[Si](OC)(OC)C1(OC)C(=O)OC(C)(C)C. The number of methoxy groups -OCH3 is 1. The van der Waals surface area contributed by atoms with Crippen LogP contribution in [-0.4, -0.2) is 46.7 Å². The summed E-state index contributed by atoms with van der Waals surface area (Å²) in [4.78, 5) is 13.1. The number of carbonyl (C=O) groups excluding carboxylic acids is 1. The molecule has 0 N–H and O–H groups in total. The molecule has 0 aromatic rings. The number of ether oxygens (including phenoxy) is 2. The lowest BCUT2D eigenvalue weighted by Gasteiger charge is -2.50. The summed E-state index contributed by atoms with van der Waals surface area (Å²) in [6, 6.07) is 0.743. The summed E-state index contributed by atoms with van der Waals surface area (Å²) in [6.07, 6.45) is 3.81. The van der Waals surface area contributed by atoms with E-state index >= 15 is 0 Å². The molecule has 130 valence electrons. The minimum Gasteiger partial charge on any atom is -0.458 e. The van der Waals surface area contributed by atoms with E-state index in [1.807, 2.05) is 20.8 Å². The summed E-state index contributed by atoms with van der Waals surface area (Å²) in [6.45, 7) is 7.73. The van der Waals surface area contributed by atoms with Crippen LogP contribution in [0.4, 0.5) is 0 Å². The molecule has 0 saturated carbocycles. The molecule has 0 bridgehead atoms. The van der Waals surface area contributed by atoms with Crippen molar-refractivity contribution in [3.63, 3.8) is 0 Å². The second-order valence-corrected chi connectivity index (χ2v) is 10.5. The average Bonchev–Trinajstić information content (AvgIpc) is 2.45. The van der Waals surface area contributed by atoms with Crippen molar-refractivity contribution in [2.24, 2.45) is 5.92 Å². The smallest absolute Gasteiger partial charge is 0.382 e. The molecule has 6 heteroatoms. The van der Waals surface area contributed by atoms with Crippen molar-refractivity contribution in [1.29, 1.82) is 0 Å². The fraction of sp³-hybridized carbons (Fsp3) is 0.938. The minimum absolute atomic E-state index is 0.0673. The van der Waals surface area contributed by atoms with Gasteiger partial charge in [-0.15, -0.1) is 0 Å². The van der Waals surface area contributed by atoms with Crippen molar-refractivity contribution in [1.82, 2.24) is 0 Å². The third-order valence-electron chi connectivity index (χ3n) is 4.52. The van der Waals surface area contributed by atoms with E-state index < -0.39 is 19.4 Å². The first-order valence-corrected chi connectivity index (χ1v) is 10.1. The Hall–Kier alpha value is -0.433. The number of esters is 1. The molecule has 1 aliphatic rings. The number of hydrogen-bond acceptors (Lipinski definition) is 5. The molecule has 1 fully saturated rings. The maximum absolute atomic E-state index is 13.1. The minimum atomic E-state index is -2.87. The number of carbonyl (C=O) groups is 1. The molecule has 1 saturated heterocycles. The summed E-state index contributed by atoms with van der Waals surface area (Å²) in [5, 5.41) is -1.10. The van der Waals surface area contributed by atoms with Crippen LogP contribution in [0, 0.1) is 5.92 Å². The maximum atomic E-state index is 13.1. The molecule has 2 atom stereocenters. The molecular weight excluding hydrogens is 300 g/mol. The lowest BCUT2D eigenvalue weighted by Crippen LogP contribution is -2.73. The van der Waals surface area contributed by atoms with E-state index in [0.29, 0.717) is 0 Å². The predicted octanol–water partition coefficient (Wildman–Crippen LogP) is 3.20. The second-order valence-electron chi connectivity index (χ2n) is 6.98. The molecule has 0 radical (unpaired) electrons. The van der Waals surface area contributed by atoms with Crippen LogP contribution >= 0.6 is 0 Å². The molecular formula is C16H32O5Si. The Morgan fingerprint density at radius 3 is 2.23 bits per heavy atom. The maximum Gasteiger partial charge on any atom is 0.382 e. The van der Waals surface area contributed by atoms with Gasteiger partial charge in [-0.1, -0.05) is 19.8 Å². The van der Waals surface area contributed by atoms with Gasteiger partial charge in [0.05, 0.1) is 0 Å². The highest BCUT2D eigenvalue weighted by Crippen LogP contribution is 2.46. The van der Waals surface area contributed by atoms with Crippen LogP contribution in [0.25, 0.3) is 0 Å². The molecule has 22 heavy (non-hydrogen) atoms. The van der Waals surface area contributed by atoms with Crippen molar-refractivity contribution in [3.05, 3.63) is 0 Å². The lowest BCUT2D eigenvalue weighted by molar-refractivity contribution is -0.183. The van der Waals surface area contributed by atoms with Crippen molar-refractivity contribution in [2.75, 3.05) is 21.3 Å². The van der Waals surface area contributed by atoms with Gasteiger partial charge in [0.2, 0.25) is 5.22 Å². The highest BCUT2D eigenvalue weighted by molar-refractivity contribution is 6.74. The largest absolute Gasteiger partial charge is 0.458 e. The molecule has 0 aromatic carbocycles. The molecule has 0 spiro atoms. The van der Waals surface area contributed by atoms with Crippen molar-refractivity contribution < 1.29 is 23.1 Å². The lowest BCUT2D eigenvalue weighted by atomic mass is 9.90. The van der Waals surface area contributed by atoms with Crippen LogP contribution in [0.1, 0.15) is 53.4 Å². The molecule has 0 aromatic heterocycles. The summed E-state index contributed by atoms with van der Waals surface area (Å²) in [5.41, 5.74) is -0.571. The molecule has 2 unspecified atom stereocenters. The molecule has 5 nitrogen and oxygen atoms in total. The fourth-order valence-electron chi connectivity index (χ4n) is 3.65. The Morgan fingerprint density at radius 2 is 1.82 bits per heavy atom. The number of hydrogen-bond donors (Lipinski definition) is 0. The topological polar surface area (TPSA) is 54.0 Å². The average molecular weight is 333 g/mol. The molecule has 1 aliphatic heterocycles. The van der Waals surface area contributed by atoms with Gasteiger partial charge in [0.25, 0.3) is 0 Å². The van der Waals surface area contributed by atoms with Gasteiger partial charge in [-0.05, 0) is 39.7 Å². The Kier molecular flexibility index (Phi) is 6.62. The monoisotopic (exact) mass is 332 g/mol. The van der Waals surface area contributed by atoms with Gasteiger partial charge < -0.3 is 18.3 Å². The van der Waals surface area contributed by atoms with Gasteiger partial charge in [-0.2, -0.15) is 0 Å². The van der Waals surface area contributed by atoms with Gasteiger partial charge >= 0.3 is 14.5 Å². The van der Waals surface area contributed by atoms with Crippen molar-refractivity contribution >= 4 is 14.5 Å². The Balaban J connectivity index is 3.36. The Morgan fingerprint density at radius 1 is 1.23 bits per heavy atom. The molecule has 0 aliphatic carbocycles. The first-order valence-electron chi connectivity index (χ1n) is 8.12. The quantitative estimate of drug-likeness (QED) is 0.552. The van der Waals surface area contributed by atoms with E-state index in [4.69, 9.17) is 18.3 Å². The highest BCUT2D eigenvalue weighted by Gasteiger charge is 2.69. The zero-order chi connectivity index (χ0) is 17.0. The summed E-state index contributed by atoms with van der Waals surface area (Å²) < 4.78 is 23.3. The van der Waals surface area contributed by atoms with E-state index in [0.717, 1.165) is 31.7 Å². The second kappa shape index (κ2) is 7.42. The zero-order valence-corrected chi connectivity index (χ0v) is 16.2. The normalized spacial score (nSPS) is 28.4. The molecule has 1 heterocycles. The molecule has 1 rings (SSSR count). The standard InChI is InChI=1S/C16H32O5Si/c1-8-10-13-11-9-12-22(19-6,20-7)16(13,18-5)14(17)21-15(2,3)4/h13H,8-12H2,1-7H3. The Labute approximate surface area is 135 Å². The highest BCUT2D eigenvalue weighted by atomic mass is 28.4. The van der Waals surface area contributed by atoms with Gasteiger partial charge in [0, 0.05) is 27.2 Å². The van der Waals surface area contributed by atoms with E-state index in [-0.39, 0.29) is 11.9 Å². The van der Waals surface area contributed by atoms with E-state index in [1.54, 1.807) is 21.3 Å². The Bertz CT molecular complexity index is 373.